The summed E-state index contributed by atoms with van der Waals surface area (Å²) >= 11 is 0. The van der Waals surface area contributed by atoms with E-state index in [9.17, 15) is 0 Å². The second-order valence-corrected chi connectivity index (χ2v) is 17.5. The van der Waals surface area contributed by atoms with E-state index in [1.807, 2.05) is 0 Å². The van der Waals surface area contributed by atoms with Gasteiger partial charge in [0.05, 0.1) is 106 Å². The maximum atomic E-state index is 6.08. The average Bonchev–Trinajstić information content (AvgIpc) is 2.98. The van der Waals surface area contributed by atoms with Crippen LogP contribution in [0, 0.1) is 0 Å². The molecule has 0 aromatic heterocycles. The zero-order valence-corrected chi connectivity index (χ0v) is 30.8. The fraction of sp³-hybridized carbons (Fsp3) is 1.00. The Morgan fingerprint density at radius 2 is 0.591 bits per heavy atom. The maximum Gasteiger partial charge on any atom is 0.192 e. The molecule has 0 radical (unpaired) electrons. The third-order valence-electron chi connectivity index (χ3n) is 7.74. The lowest BCUT2D eigenvalue weighted by molar-refractivity contribution is -0.0237. The highest BCUT2D eigenvalue weighted by Crippen LogP contribution is 2.36. The molecule has 0 aromatic rings. The Kier molecular flexibility index (Phi) is 32.7. The van der Waals surface area contributed by atoms with Crippen LogP contribution in [-0.4, -0.2) is 121 Å². The lowest BCUT2D eigenvalue weighted by atomic mass is 10.1. The van der Waals surface area contributed by atoms with Crippen molar-refractivity contribution in [1.29, 1.82) is 0 Å². The van der Waals surface area contributed by atoms with Gasteiger partial charge in [-0.05, 0) is 24.6 Å². The van der Waals surface area contributed by atoms with Gasteiger partial charge in [-0.3, -0.25) is 0 Å². The molecule has 0 aliphatic carbocycles. The third kappa shape index (κ3) is 31.8. The molecule has 0 N–H and O–H groups in total. The average molecular weight is 653 g/mol. The van der Waals surface area contributed by atoms with Crippen LogP contribution in [0.3, 0.4) is 0 Å². The molecule has 0 heterocycles. The molecular formula is C34H72O9Si. The molecule has 266 valence electrons. The Morgan fingerprint density at radius 1 is 0.341 bits per heavy atom. The van der Waals surface area contributed by atoms with Gasteiger partial charge in [0.15, 0.2) is 8.32 Å². The predicted octanol–water partition coefficient (Wildman–Crippen LogP) is 7.06. The van der Waals surface area contributed by atoms with Crippen LogP contribution < -0.4 is 0 Å². The summed E-state index contributed by atoms with van der Waals surface area (Å²) in [5.41, 5.74) is 0. The highest BCUT2D eigenvalue weighted by Gasteiger charge is 2.36. The second-order valence-electron chi connectivity index (χ2n) is 12.7. The van der Waals surface area contributed by atoms with Crippen LogP contribution in [0.2, 0.25) is 18.1 Å². The first-order valence-electron chi connectivity index (χ1n) is 17.6. The van der Waals surface area contributed by atoms with Gasteiger partial charge < -0.3 is 42.3 Å². The van der Waals surface area contributed by atoms with Crippen molar-refractivity contribution >= 4 is 8.32 Å². The van der Waals surface area contributed by atoms with Crippen LogP contribution in [0.4, 0.5) is 0 Å². The van der Waals surface area contributed by atoms with Crippen molar-refractivity contribution in [3.05, 3.63) is 0 Å². The van der Waals surface area contributed by atoms with Gasteiger partial charge in [0.2, 0.25) is 0 Å². The Balaban J connectivity index is 3.12. The van der Waals surface area contributed by atoms with E-state index in [-0.39, 0.29) is 5.04 Å². The van der Waals surface area contributed by atoms with Gasteiger partial charge in [-0.1, -0.05) is 85.5 Å². The summed E-state index contributed by atoms with van der Waals surface area (Å²) in [7, 11) is -1.69. The molecule has 0 unspecified atom stereocenters. The van der Waals surface area contributed by atoms with Crippen molar-refractivity contribution in [2.45, 2.75) is 110 Å². The summed E-state index contributed by atoms with van der Waals surface area (Å²) in [4.78, 5) is 0. The zero-order chi connectivity index (χ0) is 32.5. The van der Waals surface area contributed by atoms with Crippen LogP contribution in [0.5, 0.6) is 0 Å². The quantitative estimate of drug-likeness (QED) is 0.0522. The molecule has 0 rings (SSSR count). The van der Waals surface area contributed by atoms with Gasteiger partial charge in [0.25, 0.3) is 0 Å². The summed E-state index contributed by atoms with van der Waals surface area (Å²) in [6.07, 6.45) is 13.5. The predicted molar refractivity (Wildman–Crippen MR) is 182 cm³/mol. The topological polar surface area (TPSA) is 83.1 Å². The zero-order valence-electron chi connectivity index (χ0n) is 29.8. The molecule has 0 aliphatic heterocycles. The molecule has 0 atom stereocenters. The maximum absolute atomic E-state index is 6.08. The Morgan fingerprint density at radius 3 is 0.886 bits per heavy atom. The molecule has 0 saturated heterocycles. The third-order valence-corrected chi connectivity index (χ3v) is 12.3. The van der Waals surface area contributed by atoms with Gasteiger partial charge in [-0.15, -0.1) is 0 Å². The van der Waals surface area contributed by atoms with Crippen molar-refractivity contribution in [2.75, 3.05) is 112 Å². The Hall–Kier alpha value is -0.143. The highest BCUT2D eigenvalue weighted by molar-refractivity contribution is 6.74. The number of unbranched alkanes of at least 4 members (excludes halogenated alkanes) is 9. The van der Waals surface area contributed by atoms with Crippen LogP contribution in [0.15, 0.2) is 0 Å². The van der Waals surface area contributed by atoms with Crippen LogP contribution in [-0.2, 0) is 42.3 Å². The minimum absolute atomic E-state index is 0.225. The second kappa shape index (κ2) is 32.8. The van der Waals surface area contributed by atoms with Crippen molar-refractivity contribution in [2.24, 2.45) is 0 Å². The van der Waals surface area contributed by atoms with Crippen molar-refractivity contribution in [3.8, 4) is 0 Å². The molecule has 44 heavy (non-hydrogen) atoms. The summed E-state index contributed by atoms with van der Waals surface area (Å²) < 4.78 is 50.5. The van der Waals surface area contributed by atoms with E-state index in [0.29, 0.717) is 106 Å². The largest absolute Gasteiger partial charge is 0.414 e. The molecule has 0 bridgehead atoms. The molecule has 10 heteroatoms. The first kappa shape index (κ1) is 43.9. The molecule has 0 spiro atoms. The van der Waals surface area contributed by atoms with Crippen molar-refractivity contribution in [1.82, 2.24) is 0 Å². The summed E-state index contributed by atoms with van der Waals surface area (Å²) in [6, 6.07) is 0. The van der Waals surface area contributed by atoms with E-state index in [0.717, 1.165) is 13.0 Å². The minimum atomic E-state index is -1.69. The normalized spacial score (nSPS) is 12.4. The molecule has 0 amide bonds. The minimum Gasteiger partial charge on any atom is -0.414 e. The van der Waals surface area contributed by atoms with Gasteiger partial charge in [-0.2, -0.15) is 0 Å². The highest BCUT2D eigenvalue weighted by atomic mass is 28.4. The number of ether oxygens (including phenoxy) is 8. The van der Waals surface area contributed by atoms with Crippen molar-refractivity contribution in [3.63, 3.8) is 0 Å². The summed E-state index contributed by atoms with van der Waals surface area (Å²) in [5, 5.41) is 0.225. The van der Waals surface area contributed by atoms with E-state index in [1.54, 1.807) is 0 Å². The first-order valence-corrected chi connectivity index (χ1v) is 20.5. The van der Waals surface area contributed by atoms with Gasteiger partial charge in [0, 0.05) is 6.61 Å². The Bertz CT molecular complexity index is 561. The van der Waals surface area contributed by atoms with Gasteiger partial charge in [0.1, 0.15) is 0 Å². The standard InChI is InChI=1S/C34H72O9Si/c1-7-8-9-10-11-12-13-14-15-16-17-35-18-19-36-20-21-37-22-23-38-24-25-39-26-27-40-28-29-41-30-31-42-32-33-43-44(5,6)34(2,3)4/h7-33H2,1-6H3. The first-order chi connectivity index (χ1) is 21.3. The van der Waals surface area contributed by atoms with E-state index in [2.05, 4.69) is 40.8 Å². The van der Waals surface area contributed by atoms with E-state index in [4.69, 9.17) is 42.3 Å². The van der Waals surface area contributed by atoms with E-state index >= 15 is 0 Å². The van der Waals surface area contributed by atoms with Gasteiger partial charge in [-0.25, -0.2) is 0 Å². The smallest absolute Gasteiger partial charge is 0.192 e. The molecule has 0 saturated carbocycles. The fourth-order valence-corrected chi connectivity index (χ4v) is 4.93. The fourth-order valence-electron chi connectivity index (χ4n) is 3.91. The Labute approximate surface area is 272 Å². The SMILES string of the molecule is CCCCCCCCCCCCOCCOCCOCCOCCOCCOCCOCCOCCO[Si](C)(C)C(C)(C)C. The van der Waals surface area contributed by atoms with E-state index in [1.165, 1.54) is 57.8 Å². The summed E-state index contributed by atoms with van der Waals surface area (Å²) in [5.74, 6) is 0. The molecule has 0 fully saturated rings. The van der Waals surface area contributed by atoms with E-state index < -0.39 is 8.32 Å². The van der Waals surface area contributed by atoms with Crippen LogP contribution in [0.1, 0.15) is 91.9 Å². The molecule has 0 aliphatic rings. The molecular weight excluding hydrogens is 580 g/mol. The number of rotatable bonds is 36. The number of hydrogen-bond donors (Lipinski definition) is 0. The lowest BCUT2D eigenvalue weighted by Crippen LogP contribution is -2.41. The lowest BCUT2D eigenvalue weighted by Gasteiger charge is -2.36. The van der Waals surface area contributed by atoms with Crippen LogP contribution in [0.25, 0.3) is 0 Å². The monoisotopic (exact) mass is 652 g/mol. The van der Waals surface area contributed by atoms with Crippen molar-refractivity contribution < 1.29 is 42.3 Å². The molecule has 0 aromatic carbocycles. The van der Waals surface area contributed by atoms with Crippen LogP contribution >= 0.6 is 0 Å². The number of hydrogen-bond acceptors (Lipinski definition) is 9. The summed E-state index contributed by atoms with van der Waals surface area (Å²) in [6.45, 7) is 23.5. The molecule has 9 nitrogen and oxygen atoms in total. The van der Waals surface area contributed by atoms with Gasteiger partial charge >= 0.3 is 0 Å².